The van der Waals surface area contributed by atoms with Crippen LogP contribution in [0.2, 0.25) is 0 Å². The minimum Gasteiger partial charge on any atom is -0.419 e. The lowest BCUT2D eigenvalue weighted by atomic mass is 10.2. The molecule has 2 rings (SSSR count). The number of nitrogens with one attached hydrogen (secondary N) is 1. The van der Waals surface area contributed by atoms with Gasteiger partial charge in [-0.1, -0.05) is 12.1 Å². The van der Waals surface area contributed by atoms with Crippen LogP contribution >= 0.6 is 15.9 Å². The highest BCUT2D eigenvalue weighted by atomic mass is 79.9. The van der Waals surface area contributed by atoms with E-state index in [1.54, 1.807) is 0 Å². The summed E-state index contributed by atoms with van der Waals surface area (Å²) in [6, 6.07) is 7.57. The first-order valence-electron chi connectivity index (χ1n) is 5.77. The van der Waals surface area contributed by atoms with E-state index in [0.29, 0.717) is 18.3 Å². The van der Waals surface area contributed by atoms with Crippen LogP contribution in [0.4, 0.5) is 0 Å². The molecule has 2 aromatic rings. The summed E-state index contributed by atoms with van der Waals surface area (Å²) in [5.74, 6) is 0.864. The van der Waals surface area contributed by atoms with Gasteiger partial charge in [-0.2, -0.15) is 0 Å². The number of halogens is 1. The van der Waals surface area contributed by atoms with Gasteiger partial charge in [-0.05, 0) is 28.1 Å². The average Bonchev–Trinajstić information content (AvgIpc) is 2.87. The molecule has 0 fully saturated rings. The van der Waals surface area contributed by atoms with Crippen LogP contribution in [0, 0.1) is 0 Å². The van der Waals surface area contributed by atoms with Crippen LogP contribution < -0.4 is 5.32 Å². The lowest BCUT2D eigenvalue weighted by Crippen LogP contribution is -2.29. The zero-order chi connectivity index (χ0) is 13.7. The Hall–Kier alpha value is -1.28. The fourth-order valence-electron chi connectivity index (χ4n) is 1.48. The van der Waals surface area contributed by atoms with E-state index >= 15 is 0 Å². The predicted octanol–water partition coefficient (Wildman–Crippen LogP) is 0.942. The van der Waals surface area contributed by atoms with Crippen molar-refractivity contribution in [3.8, 4) is 11.5 Å². The smallest absolute Gasteiger partial charge is 0.248 e. The van der Waals surface area contributed by atoms with Gasteiger partial charge in [0.2, 0.25) is 11.8 Å². The third-order valence-corrected chi connectivity index (χ3v) is 3.13. The maximum absolute atomic E-state index is 9.17. The normalized spacial score (nSPS) is 12.6. The second-order valence-electron chi connectivity index (χ2n) is 3.95. The molecular formula is C12H14BrN3O3. The maximum Gasteiger partial charge on any atom is 0.248 e. The van der Waals surface area contributed by atoms with Crippen LogP contribution in [0.1, 0.15) is 5.89 Å². The molecule has 1 aromatic heterocycles. The third-order valence-electron chi connectivity index (χ3n) is 2.44. The van der Waals surface area contributed by atoms with Crippen LogP contribution in [0.3, 0.4) is 0 Å². The van der Waals surface area contributed by atoms with Crippen molar-refractivity contribution in [2.24, 2.45) is 0 Å². The van der Waals surface area contributed by atoms with Crippen molar-refractivity contribution in [3.63, 3.8) is 0 Å². The molecule has 1 unspecified atom stereocenters. The highest BCUT2D eigenvalue weighted by Crippen LogP contribution is 2.26. The van der Waals surface area contributed by atoms with Crippen molar-refractivity contribution in [2.75, 3.05) is 13.2 Å². The molecule has 0 bridgehead atoms. The summed E-state index contributed by atoms with van der Waals surface area (Å²) in [4.78, 5) is 0. The summed E-state index contributed by atoms with van der Waals surface area (Å²) in [6.07, 6.45) is -0.786. The predicted molar refractivity (Wildman–Crippen MR) is 72.2 cm³/mol. The van der Waals surface area contributed by atoms with Crippen LogP contribution in [0.25, 0.3) is 11.5 Å². The van der Waals surface area contributed by atoms with E-state index in [1.807, 2.05) is 24.3 Å². The van der Waals surface area contributed by atoms with Crippen molar-refractivity contribution >= 4 is 15.9 Å². The second kappa shape index (κ2) is 6.76. The van der Waals surface area contributed by atoms with Crippen LogP contribution in [0.5, 0.6) is 0 Å². The maximum atomic E-state index is 9.17. The standard InChI is InChI=1S/C12H14BrN3O3/c13-10-4-2-1-3-9(10)12-16-15-11(19-12)6-14-5-8(18)7-17/h1-4,8,14,17-18H,5-7H2. The van der Waals surface area contributed by atoms with Crippen molar-refractivity contribution in [1.82, 2.24) is 15.5 Å². The van der Waals surface area contributed by atoms with E-state index in [0.717, 1.165) is 10.0 Å². The number of hydrogen-bond acceptors (Lipinski definition) is 6. The minimum absolute atomic E-state index is 0.267. The van der Waals surface area contributed by atoms with Crippen LogP contribution in [0.15, 0.2) is 33.2 Å². The summed E-state index contributed by atoms with van der Waals surface area (Å²) in [5.41, 5.74) is 0.830. The molecule has 1 atom stereocenters. The molecule has 19 heavy (non-hydrogen) atoms. The minimum atomic E-state index is -0.786. The van der Waals surface area contributed by atoms with E-state index < -0.39 is 6.10 Å². The molecular weight excluding hydrogens is 314 g/mol. The number of aromatic nitrogens is 2. The first-order valence-corrected chi connectivity index (χ1v) is 6.57. The molecule has 0 spiro atoms. The second-order valence-corrected chi connectivity index (χ2v) is 4.80. The Morgan fingerprint density at radius 1 is 1.32 bits per heavy atom. The van der Waals surface area contributed by atoms with Gasteiger partial charge in [0.15, 0.2) is 0 Å². The van der Waals surface area contributed by atoms with E-state index in [9.17, 15) is 5.11 Å². The number of aliphatic hydroxyl groups excluding tert-OH is 2. The lowest BCUT2D eigenvalue weighted by molar-refractivity contribution is 0.0937. The summed E-state index contributed by atoms with van der Waals surface area (Å²) in [5, 5.41) is 28.6. The van der Waals surface area contributed by atoms with Gasteiger partial charge in [0, 0.05) is 11.0 Å². The number of hydrogen-bond donors (Lipinski definition) is 3. The quantitative estimate of drug-likeness (QED) is 0.731. The summed E-state index contributed by atoms with van der Waals surface area (Å²) in [6.45, 7) is 0.330. The SMILES string of the molecule is OCC(O)CNCc1nnc(-c2ccccc2Br)o1. The topological polar surface area (TPSA) is 91.4 Å². The average molecular weight is 328 g/mol. The number of aliphatic hydroxyl groups is 2. The summed E-state index contributed by atoms with van der Waals surface area (Å²) < 4.78 is 6.39. The molecule has 6 nitrogen and oxygen atoms in total. The molecule has 0 aliphatic heterocycles. The monoisotopic (exact) mass is 327 g/mol. The Labute approximate surface area is 118 Å². The summed E-state index contributed by atoms with van der Waals surface area (Å²) in [7, 11) is 0. The van der Waals surface area contributed by atoms with Crippen molar-refractivity contribution < 1.29 is 14.6 Å². The molecule has 0 aliphatic carbocycles. The Morgan fingerprint density at radius 3 is 2.84 bits per heavy atom. The first-order chi connectivity index (χ1) is 9.20. The Kier molecular flexibility index (Phi) is 5.03. The van der Waals surface area contributed by atoms with Gasteiger partial charge < -0.3 is 19.9 Å². The lowest BCUT2D eigenvalue weighted by Gasteiger charge is -2.06. The Bertz CT molecular complexity index is 532. The molecule has 0 saturated heterocycles. The van der Waals surface area contributed by atoms with E-state index in [-0.39, 0.29) is 13.2 Å². The van der Waals surface area contributed by atoms with Crippen molar-refractivity contribution in [2.45, 2.75) is 12.6 Å². The van der Waals surface area contributed by atoms with Gasteiger partial charge in [0.05, 0.1) is 24.8 Å². The van der Waals surface area contributed by atoms with E-state index in [4.69, 9.17) is 9.52 Å². The van der Waals surface area contributed by atoms with Gasteiger partial charge >= 0.3 is 0 Å². The van der Waals surface area contributed by atoms with Gasteiger partial charge in [-0.3, -0.25) is 0 Å². The highest BCUT2D eigenvalue weighted by molar-refractivity contribution is 9.10. The van der Waals surface area contributed by atoms with Gasteiger partial charge in [0.25, 0.3) is 0 Å². The molecule has 7 heteroatoms. The molecule has 0 aliphatic rings. The van der Waals surface area contributed by atoms with Gasteiger partial charge in [-0.15, -0.1) is 10.2 Å². The van der Waals surface area contributed by atoms with Gasteiger partial charge in [-0.25, -0.2) is 0 Å². The number of benzene rings is 1. The molecule has 0 amide bonds. The summed E-state index contributed by atoms with van der Waals surface area (Å²) >= 11 is 3.42. The molecule has 1 aromatic carbocycles. The Morgan fingerprint density at radius 2 is 2.11 bits per heavy atom. The third kappa shape index (κ3) is 3.84. The largest absolute Gasteiger partial charge is 0.419 e. The van der Waals surface area contributed by atoms with E-state index in [2.05, 4.69) is 31.4 Å². The fourth-order valence-corrected chi connectivity index (χ4v) is 1.93. The number of nitrogens with zero attached hydrogens (tertiary/aromatic N) is 2. The zero-order valence-corrected chi connectivity index (χ0v) is 11.7. The van der Waals surface area contributed by atoms with E-state index in [1.165, 1.54) is 0 Å². The number of rotatable bonds is 6. The molecule has 1 heterocycles. The highest BCUT2D eigenvalue weighted by Gasteiger charge is 2.11. The zero-order valence-electron chi connectivity index (χ0n) is 10.1. The molecule has 3 N–H and O–H groups in total. The molecule has 102 valence electrons. The van der Waals surface area contributed by atoms with Crippen LogP contribution in [-0.4, -0.2) is 39.7 Å². The Balaban J connectivity index is 1.98. The van der Waals surface area contributed by atoms with Crippen molar-refractivity contribution in [3.05, 3.63) is 34.6 Å². The molecule has 0 saturated carbocycles. The first kappa shape index (κ1) is 14.1. The molecule has 0 radical (unpaired) electrons. The fraction of sp³-hybridized carbons (Fsp3) is 0.333. The van der Waals surface area contributed by atoms with Crippen LogP contribution in [-0.2, 0) is 6.54 Å². The van der Waals surface area contributed by atoms with Crippen molar-refractivity contribution in [1.29, 1.82) is 0 Å². The van der Waals surface area contributed by atoms with Gasteiger partial charge in [0.1, 0.15) is 0 Å².